The van der Waals surface area contributed by atoms with Crippen molar-refractivity contribution in [3.8, 4) is 24.2 Å². The lowest BCUT2D eigenvalue weighted by Gasteiger charge is -2.25. The minimum atomic E-state index is -3.81. The van der Waals surface area contributed by atoms with Gasteiger partial charge in [0.2, 0.25) is 10.0 Å². The minimum absolute atomic E-state index is 0.0378. The van der Waals surface area contributed by atoms with E-state index in [9.17, 15) is 18.0 Å². The highest BCUT2D eigenvalue weighted by Crippen LogP contribution is 2.30. The van der Waals surface area contributed by atoms with Crippen molar-refractivity contribution in [3.05, 3.63) is 42.5 Å². The Bertz CT molecular complexity index is 991. The van der Waals surface area contributed by atoms with Crippen LogP contribution in [0.5, 0.6) is 0 Å². The fourth-order valence-corrected chi connectivity index (χ4v) is 4.07. The van der Waals surface area contributed by atoms with E-state index >= 15 is 0 Å². The quantitative estimate of drug-likeness (QED) is 0.219. The average molecular weight is 460 g/mol. The number of sulfonamides is 1. The van der Waals surface area contributed by atoms with E-state index in [1.54, 1.807) is 26.0 Å². The largest absolute Gasteiger partial charge is 0.465 e. The van der Waals surface area contributed by atoms with Crippen molar-refractivity contribution < 1.29 is 27.5 Å². The number of hydrogen-bond donors (Lipinski definition) is 0. The van der Waals surface area contributed by atoms with E-state index in [2.05, 4.69) is 24.3 Å². The third-order valence-electron chi connectivity index (χ3n) is 4.50. The van der Waals surface area contributed by atoms with Crippen LogP contribution in [0, 0.1) is 36.5 Å². The first-order valence-corrected chi connectivity index (χ1v) is 11.5. The van der Waals surface area contributed by atoms with E-state index in [4.69, 9.17) is 15.9 Å². The molecule has 0 aliphatic carbocycles. The molecule has 0 amide bonds. The molecule has 0 saturated heterocycles. The Morgan fingerprint density at radius 2 is 1.66 bits per heavy atom. The molecule has 0 N–H and O–H groups in total. The molecule has 1 rings (SSSR count). The topological polar surface area (TPSA) is 90.0 Å². The highest BCUT2D eigenvalue weighted by Gasteiger charge is 2.48. The molecule has 0 bridgehead atoms. The van der Waals surface area contributed by atoms with E-state index < -0.39 is 27.4 Å². The predicted molar refractivity (Wildman–Crippen MR) is 122 cm³/mol. The van der Waals surface area contributed by atoms with Crippen LogP contribution in [0.1, 0.15) is 32.3 Å². The average Bonchev–Trinajstić information content (AvgIpc) is 2.75. The molecule has 0 heterocycles. The Balaban J connectivity index is 3.18. The molecule has 1 aromatic carbocycles. The Kier molecular flexibility index (Phi) is 10.7. The fraction of sp³-hybridized carbons (Fsp3) is 0.417. The number of ether oxygens (including phenoxy) is 2. The van der Waals surface area contributed by atoms with Crippen LogP contribution in [-0.4, -0.2) is 51.0 Å². The molecular weight excluding hydrogens is 430 g/mol. The van der Waals surface area contributed by atoms with Crippen LogP contribution in [0.25, 0.3) is 0 Å². The lowest BCUT2D eigenvalue weighted by Crippen LogP contribution is -2.41. The molecule has 0 aromatic heterocycles. The first-order valence-electron chi connectivity index (χ1n) is 10.1. The van der Waals surface area contributed by atoms with Crippen molar-refractivity contribution in [1.82, 2.24) is 4.31 Å². The summed E-state index contributed by atoms with van der Waals surface area (Å²) >= 11 is 0. The zero-order valence-corrected chi connectivity index (χ0v) is 19.5. The van der Waals surface area contributed by atoms with Crippen molar-refractivity contribution in [2.75, 3.05) is 26.3 Å². The first-order chi connectivity index (χ1) is 15.2. The van der Waals surface area contributed by atoms with Crippen LogP contribution in [0.2, 0.25) is 0 Å². The van der Waals surface area contributed by atoms with Gasteiger partial charge < -0.3 is 9.47 Å². The molecule has 7 nitrogen and oxygen atoms in total. The molecule has 0 saturated carbocycles. The zero-order chi connectivity index (χ0) is 24.2. The number of hydrogen-bond acceptors (Lipinski definition) is 6. The van der Waals surface area contributed by atoms with Crippen molar-refractivity contribution in [1.29, 1.82) is 0 Å². The van der Waals surface area contributed by atoms with Crippen LogP contribution in [0.3, 0.4) is 0 Å². The van der Waals surface area contributed by atoms with Gasteiger partial charge in [-0.05, 0) is 32.9 Å². The van der Waals surface area contributed by atoms with Crippen molar-refractivity contribution in [2.45, 2.75) is 38.5 Å². The van der Waals surface area contributed by atoms with Gasteiger partial charge in [-0.3, -0.25) is 9.59 Å². The zero-order valence-electron chi connectivity index (χ0n) is 18.7. The highest BCUT2D eigenvalue weighted by molar-refractivity contribution is 7.89. The second-order valence-corrected chi connectivity index (χ2v) is 8.77. The summed E-state index contributed by atoms with van der Waals surface area (Å²) in [7, 11) is -3.81. The van der Waals surface area contributed by atoms with Crippen LogP contribution in [0.4, 0.5) is 0 Å². The number of nitrogens with zero attached hydrogens (tertiary/aromatic N) is 1. The number of rotatable bonds is 11. The molecular formula is C24H29NO6S. The van der Waals surface area contributed by atoms with E-state index in [0.717, 1.165) is 9.87 Å². The summed E-state index contributed by atoms with van der Waals surface area (Å²) in [5.41, 5.74) is -0.839. The molecule has 1 aromatic rings. The molecule has 0 fully saturated rings. The monoisotopic (exact) mass is 459 g/mol. The summed E-state index contributed by atoms with van der Waals surface area (Å²) in [6.07, 6.45) is 6.33. The van der Waals surface area contributed by atoms with E-state index in [0.29, 0.717) is 0 Å². The lowest BCUT2D eigenvalue weighted by molar-refractivity contribution is -0.171. The van der Waals surface area contributed by atoms with Gasteiger partial charge in [0.25, 0.3) is 0 Å². The fourth-order valence-electron chi connectivity index (χ4n) is 2.76. The maximum absolute atomic E-state index is 12.9. The second-order valence-electron chi connectivity index (χ2n) is 6.83. The summed E-state index contributed by atoms with van der Waals surface area (Å²) in [5.74, 6) is 6.14. The van der Waals surface area contributed by atoms with E-state index in [1.165, 1.54) is 18.2 Å². The standard InChI is InChI=1S/C24H29NO6S/c1-6-16-24(22(26)30-8-3,23(27)31-9-4)17-10-11-19-25(18-7-2)32(28,29)21-14-12-20(5)13-15-21/h1,7,12-15H,2,8-9,16-19H2,3-5H3. The second kappa shape index (κ2) is 12.7. The SMILES string of the molecule is C#CCC(CC#CCN(CC=C)S(=O)(=O)c1ccc(C)cc1)(C(=O)OCC)C(=O)OCC. The molecule has 0 radical (unpaired) electrons. The summed E-state index contributed by atoms with van der Waals surface area (Å²) in [5, 5.41) is 0. The normalized spacial score (nSPS) is 11.1. The molecule has 32 heavy (non-hydrogen) atoms. The van der Waals surface area contributed by atoms with Crippen LogP contribution in [-0.2, 0) is 29.1 Å². The predicted octanol–water partition coefficient (Wildman–Crippen LogP) is 2.70. The maximum atomic E-state index is 12.9. The van der Waals surface area contributed by atoms with Crippen molar-refractivity contribution >= 4 is 22.0 Å². The molecule has 0 spiro atoms. The number of benzene rings is 1. The number of aryl methyl sites for hydroxylation is 1. The minimum Gasteiger partial charge on any atom is -0.465 e. The summed E-state index contributed by atoms with van der Waals surface area (Å²) in [6, 6.07) is 6.45. The Hall–Kier alpha value is -3.07. The van der Waals surface area contributed by atoms with Gasteiger partial charge in [-0.1, -0.05) is 29.7 Å². The molecule has 0 atom stereocenters. The van der Waals surface area contributed by atoms with Crippen LogP contribution < -0.4 is 0 Å². The first kappa shape index (κ1) is 27.0. The summed E-state index contributed by atoms with van der Waals surface area (Å²) < 4.78 is 37.1. The number of esters is 2. The van der Waals surface area contributed by atoms with Gasteiger partial charge in [-0.25, -0.2) is 8.42 Å². The van der Waals surface area contributed by atoms with Crippen LogP contribution in [0.15, 0.2) is 41.8 Å². The molecule has 8 heteroatoms. The molecule has 172 valence electrons. The van der Waals surface area contributed by atoms with Crippen molar-refractivity contribution in [2.24, 2.45) is 5.41 Å². The molecule has 0 unspecified atom stereocenters. The highest BCUT2D eigenvalue weighted by atomic mass is 32.2. The van der Waals surface area contributed by atoms with Crippen molar-refractivity contribution in [3.63, 3.8) is 0 Å². The van der Waals surface area contributed by atoms with Gasteiger partial charge in [-0.2, -0.15) is 4.31 Å². The van der Waals surface area contributed by atoms with Gasteiger partial charge in [0.15, 0.2) is 5.41 Å². The van der Waals surface area contributed by atoms with Gasteiger partial charge in [0.05, 0.1) is 24.7 Å². The lowest BCUT2D eigenvalue weighted by atomic mass is 9.81. The number of carbonyl (C=O) groups is 2. The smallest absolute Gasteiger partial charge is 0.325 e. The van der Waals surface area contributed by atoms with Gasteiger partial charge in [-0.15, -0.1) is 24.8 Å². The number of carbonyl (C=O) groups excluding carboxylic acids is 2. The molecule has 0 aliphatic rings. The number of terminal acetylenes is 1. The Morgan fingerprint density at radius 1 is 1.09 bits per heavy atom. The van der Waals surface area contributed by atoms with Gasteiger partial charge in [0, 0.05) is 19.4 Å². The van der Waals surface area contributed by atoms with E-state index in [1.807, 2.05) is 6.92 Å². The third kappa shape index (κ3) is 6.71. The van der Waals surface area contributed by atoms with E-state index in [-0.39, 0.29) is 44.0 Å². The summed E-state index contributed by atoms with van der Waals surface area (Å²) in [4.78, 5) is 25.3. The Labute approximate surface area is 190 Å². The molecule has 0 aliphatic heterocycles. The maximum Gasteiger partial charge on any atom is 0.325 e. The van der Waals surface area contributed by atoms with Gasteiger partial charge >= 0.3 is 11.9 Å². The van der Waals surface area contributed by atoms with Gasteiger partial charge in [0.1, 0.15) is 0 Å². The third-order valence-corrected chi connectivity index (χ3v) is 6.32. The summed E-state index contributed by atoms with van der Waals surface area (Å²) in [6.45, 7) is 8.66. The van der Waals surface area contributed by atoms with Crippen LogP contribution >= 0.6 is 0 Å². The Morgan fingerprint density at radius 3 is 2.12 bits per heavy atom.